The zero-order valence-electron chi connectivity index (χ0n) is 9.35. The summed E-state index contributed by atoms with van der Waals surface area (Å²) in [6.07, 6.45) is 1.08. The molecule has 1 aliphatic rings. The largest absolute Gasteiger partial charge is 0.507 e. The maximum atomic E-state index is 9.73. The lowest BCUT2D eigenvalue weighted by Gasteiger charge is -2.01. The highest BCUT2D eigenvalue weighted by molar-refractivity contribution is 5.62. The van der Waals surface area contributed by atoms with Crippen LogP contribution in [0.25, 0.3) is 11.4 Å². The van der Waals surface area contributed by atoms with Gasteiger partial charge in [0.15, 0.2) is 5.82 Å². The normalized spacial score (nSPS) is 19.6. The lowest BCUT2D eigenvalue weighted by molar-refractivity contribution is 0.477. The number of aromatic nitrogens is 3. The topological polar surface area (TPSA) is 73.8 Å². The molecule has 1 aromatic carbocycles. The Labute approximate surface area is 98.9 Å². The molecule has 0 radical (unpaired) electrons. The first kappa shape index (κ1) is 10.3. The van der Waals surface area contributed by atoms with Crippen LogP contribution in [0.1, 0.15) is 18.2 Å². The Balaban J connectivity index is 1.92. The van der Waals surface area contributed by atoms with Crippen LogP contribution in [0, 0.1) is 0 Å². The van der Waals surface area contributed by atoms with Crippen LogP contribution in [-0.4, -0.2) is 33.4 Å². The fourth-order valence-corrected chi connectivity index (χ4v) is 2.13. The van der Waals surface area contributed by atoms with Gasteiger partial charge in [-0.3, -0.25) is 5.10 Å². The Hall–Kier alpha value is -1.88. The van der Waals surface area contributed by atoms with E-state index in [1.807, 2.05) is 12.1 Å². The number of phenolic OH excluding ortho intramolecular Hbond substituents is 1. The van der Waals surface area contributed by atoms with Crippen LogP contribution in [0.5, 0.6) is 5.75 Å². The number of H-pyrrole nitrogens is 1. The summed E-state index contributed by atoms with van der Waals surface area (Å²) in [5.41, 5.74) is 0.668. The minimum Gasteiger partial charge on any atom is -0.507 e. The van der Waals surface area contributed by atoms with Crippen molar-refractivity contribution in [2.75, 3.05) is 13.1 Å². The molecule has 17 heavy (non-hydrogen) atoms. The van der Waals surface area contributed by atoms with Crippen LogP contribution in [-0.2, 0) is 0 Å². The summed E-state index contributed by atoms with van der Waals surface area (Å²) in [6, 6.07) is 7.10. The summed E-state index contributed by atoms with van der Waals surface area (Å²) in [7, 11) is 0. The maximum Gasteiger partial charge on any atom is 0.184 e. The fourth-order valence-electron chi connectivity index (χ4n) is 2.13. The van der Waals surface area contributed by atoms with Crippen molar-refractivity contribution >= 4 is 0 Å². The maximum absolute atomic E-state index is 9.73. The number of nitrogens with zero attached hydrogens (tertiary/aromatic N) is 2. The van der Waals surface area contributed by atoms with E-state index in [9.17, 15) is 5.11 Å². The molecular formula is C12H14N4O. The van der Waals surface area contributed by atoms with Gasteiger partial charge in [-0.1, -0.05) is 12.1 Å². The molecule has 0 saturated carbocycles. The average Bonchev–Trinajstić information content (AvgIpc) is 3.00. The second kappa shape index (κ2) is 4.18. The van der Waals surface area contributed by atoms with Crippen molar-refractivity contribution < 1.29 is 5.11 Å². The Morgan fingerprint density at radius 1 is 1.29 bits per heavy atom. The third-order valence-electron chi connectivity index (χ3n) is 3.09. The van der Waals surface area contributed by atoms with Crippen molar-refractivity contribution in [3.05, 3.63) is 30.1 Å². The second-order valence-corrected chi connectivity index (χ2v) is 4.25. The Kier molecular flexibility index (Phi) is 2.53. The standard InChI is InChI=1S/C12H14N4O/c17-10-4-2-1-3-9(10)12-14-11(15-16-12)8-5-6-13-7-8/h1-4,8,13,17H,5-7H2,(H,14,15,16). The molecule has 1 unspecified atom stereocenters. The third kappa shape index (κ3) is 1.89. The SMILES string of the molecule is Oc1ccccc1-c1n[nH]c(C2CCNC2)n1. The van der Waals surface area contributed by atoms with Gasteiger partial charge in [-0.25, -0.2) is 4.98 Å². The first-order valence-corrected chi connectivity index (χ1v) is 5.76. The number of phenols is 1. The summed E-state index contributed by atoms with van der Waals surface area (Å²) in [5.74, 6) is 2.07. The van der Waals surface area contributed by atoms with E-state index in [0.717, 1.165) is 25.3 Å². The quantitative estimate of drug-likeness (QED) is 0.726. The highest BCUT2D eigenvalue weighted by Crippen LogP contribution is 2.27. The van der Waals surface area contributed by atoms with Crippen molar-refractivity contribution in [1.29, 1.82) is 0 Å². The van der Waals surface area contributed by atoms with Crippen molar-refractivity contribution in [2.24, 2.45) is 0 Å². The molecule has 1 saturated heterocycles. The Bertz CT molecular complexity index is 517. The molecule has 1 fully saturated rings. The molecule has 3 N–H and O–H groups in total. The monoisotopic (exact) mass is 230 g/mol. The van der Waals surface area contributed by atoms with E-state index in [1.165, 1.54) is 0 Å². The summed E-state index contributed by atoms with van der Waals surface area (Å²) in [5, 5.41) is 20.2. The van der Waals surface area contributed by atoms with Crippen LogP contribution in [0.3, 0.4) is 0 Å². The van der Waals surface area contributed by atoms with Crippen LogP contribution < -0.4 is 5.32 Å². The predicted molar refractivity (Wildman–Crippen MR) is 63.7 cm³/mol. The molecule has 0 bridgehead atoms. The van der Waals surface area contributed by atoms with Gasteiger partial charge in [0.2, 0.25) is 0 Å². The van der Waals surface area contributed by atoms with Gasteiger partial charge in [-0.05, 0) is 25.1 Å². The van der Waals surface area contributed by atoms with Gasteiger partial charge < -0.3 is 10.4 Å². The zero-order valence-corrected chi connectivity index (χ0v) is 9.35. The van der Waals surface area contributed by atoms with E-state index in [2.05, 4.69) is 20.5 Å². The van der Waals surface area contributed by atoms with Gasteiger partial charge >= 0.3 is 0 Å². The number of benzene rings is 1. The highest BCUT2D eigenvalue weighted by Gasteiger charge is 2.21. The number of aromatic amines is 1. The van der Waals surface area contributed by atoms with E-state index in [1.54, 1.807) is 12.1 Å². The van der Waals surface area contributed by atoms with E-state index >= 15 is 0 Å². The first-order valence-electron chi connectivity index (χ1n) is 5.76. The van der Waals surface area contributed by atoms with Crippen molar-refractivity contribution in [2.45, 2.75) is 12.3 Å². The molecule has 1 aliphatic heterocycles. The van der Waals surface area contributed by atoms with E-state index in [0.29, 0.717) is 17.3 Å². The van der Waals surface area contributed by atoms with E-state index < -0.39 is 0 Å². The molecule has 88 valence electrons. The number of aromatic hydroxyl groups is 1. The van der Waals surface area contributed by atoms with E-state index in [4.69, 9.17) is 0 Å². The number of rotatable bonds is 2. The van der Waals surface area contributed by atoms with Gasteiger partial charge in [0.25, 0.3) is 0 Å². The molecule has 5 heteroatoms. The predicted octanol–water partition coefficient (Wildman–Crippen LogP) is 1.25. The Morgan fingerprint density at radius 2 is 2.18 bits per heavy atom. The lowest BCUT2D eigenvalue weighted by atomic mass is 10.1. The molecule has 0 spiro atoms. The van der Waals surface area contributed by atoms with Crippen molar-refractivity contribution in [3.63, 3.8) is 0 Å². The zero-order chi connectivity index (χ0) is 11.7. The molecule has 1 atom stereocenters. The fraction of sp³-hybridized carbons (Fsp3) is 0.333. The van der Waals surface area contributed by atoms with Gasteiger partial charge in [-0.15, -0.1) is 0 Å². The number of hydrogen-bond acceptors (Lipinski definition) is 4. The molecular weight excluding hydrogens is 216 g/mol. The smallest absolute Gasteiger partial charge is 0.184 e. The molecule has 1 aromatic heterocycles. The highest BCUT2D eigenvalue weighted by atomic mass is 16.3. The average molecular weight is 230 g/mol. The molecule has 2 heterocycles. The summed E-state index contributed by atoms with van der Waals surface area (Å²) in [6.45, 7) is 1.96. The first-order chi connectivity index (χ1) is 8.34. The number of para-hydroxylation sites is 1. The molecule has 0 aliphatic carbocycles. The minimum atomic E-state index is 0.211. The van der Waals surface area contributed by atoms with Gasteiger partial charge in [-0.2, -0.15) is 5.10 Å². The van der Waals surface area contributed by atoms with E-state index in [-0.39, 0.29) is 5.75 Å². The summed E-state index contributed by atoms with van der Waals surface area (Å²) < 4.78 is 0. The van der Waals surface area contributed by atoms with Crippen LogP contribution in [0.4, 0.5) is 0 Å². The van der Waals surface area contributed by atoms with Crippen LogP contribution in [0.15, 0.2) is 24.3 Å². The second-order valence-electron chi connectivity index (χ2n) is 4.25. The molecule has 0 amide bonds. The molecule has 5 nitrogen and oxygen atoms in total. The summed E-state index contributed by atoms with van der Waals surface area (Å²) >= 11 is 0. The van der Waals surface area contributed by atoms with Crippen LogP contribution >= 0.6 is 0 Å². The number of hydrogen-bond donors (Lipinski definition) is 3. The van der Waals surface area contributed by atoms with Gasteiger partial charge in [0.1, 0.15) is 11.6 Å². The van der Waals surface area contributed by atoms with Gasteiger partial charge in [0, 0.05) is 12.5 Å². The number of nitrogens with one attached hydrogen (secondary N) is 2. The minimum absolute atomic E-state index is 0.211. The Morgan fingerprint density at radius 3 is 2.94 bits per heavy atom. The molecule has 3 rings (SSSR count). The van der Waals surface area contributed by atoms with Crippen molar-refractivity contribution in [3.8, 4) is 17.1 Å². The third-order valence-corrected chi connectivity index (χ3v) is 3.09. The lowest BCUT2D eigenvalue weighted by Crippen LogP contribution is -2.08. The summed E-state index contributed by atoms with van der Waals surface area (Å²) in [4.78, 5) is 4.46. The molecule has 2 aromatic rings. The van der Waals surface area contributed by atoms with Crippen LogP contribution in [0.2, 0.25) is 0 Å². The van der Waals surface area contributed by atoms with Crippen molar-refractivity contribution in [1.82, 2.24) is 20.5 Å². The van der Waals surface area contributed by atoms with Gasteiger partial charge in [0.05, 0.1) is 5.56 Å².